The maximum atomic E-state index is 13.4. The molecule has 5 rings (SSSR count). The zero-order valence-electron chi connectivity index (χ0n) is 17.6. The zero-order valence-corrected chi connectivity index (χ0v) is 20.1. The number of hydrogen-bond acceptors (Lipinski definition) is 7. The molecule has 1 aliphatic heterocycles. The van der Waals surface area contributed by atoms with E-state index in [4.69, 9.17) is 9.97 Å². The molecule has 0 radical (unpaired) electrons. The summed E-state index contributed by atoms with van der Waals surface area (Å²) in [6.45, 7) is 0. The second-order valence-corrected chi connectivity index (χ2v) is 12.6. The number of rotatable bonds is 6. The van der Waals surface area contributed by atoms with Gasteiger partial charge in [-0.15, -0.1) is 11.3 Å². The largest absolute Gasteiger partial charge is 0.335 e. The topological polar surface area (TPSA) is 80.2 Å². The molecule has 0 bridgehead atoms. The summed E-state index contributed by atoms with van der Waals surface area (Å²) in [6, 6.07) is 11.8. The number of aromatic nitrogens is 2. The normalized spacial score (nSPS) is 20.7. The van der Waals surface area contributed by atoms with Gasteiger partial charge in [0, 0.05) is 17.5 Å². The third-order valence-electron chi connectivity index (χ3n) is 6.25. The number of carbonyl (C=O) groups excluding carboxylic acids is 1. The molecule has 1 saturated carbocycles. The van der Waals surface area contributed by atoms with E-state index in [9.17, 15) is 13.2 Å². The molecular formula is C23H25N3O3S3. The maximum Gasteiger partial charge on any atom is 0.233 e. The van der Waals surface area contributed by atoms with Crippen molar-refractivity contribution in [3.63, 3.8) is 0 Å². The number of benzene rings is 1. The van der Waals surface area contributed by atoms with Crippen LogP contribution in [0.1, 0.15) is 32.1 Å². The number of amides is 1. The second-order valence-electron chi connectivity index (χ2n) is 8.43. The highest BCUT2D eigenvalue weighted by molar-refractivity contribution is 8.00. The predicted molar refractivity (Wildman–Crippen MR) is 130 cm³/mol. The highest BCUT2D eigenvalue weighted by Gasteiger charge is 2.38. The van der Waals surface area contributed by atoms with Crippen molar-refractivity contribution >= 4 is 49.7 Å². The van der Waals surface area contributed by atoms with Crippen LogP contribution in [-0.4, -0.2) is 58.5 Å². The summed E-state index contributed by atoms with van der Waals surface area (Å²) in [4.78, 5) is 25.8. The molecule has 6 nitrogen and oxygen atoms in total. The van der Waals surface area contributed by atoms with E-state index in [0.29, 0.717) is 12.2 Å². The van der Waals surface area contributed by atoms with Gasteiger partial charge in [0.05, 0.1) is 27.7 Å². The van der Waals surface area contributed by atoms with Gasteiger partial charge in [-0.3, -0.25) is 4.79 Å². The molecule has 1 aliphatic carbocycles. The van der Waals surface area contributed by atoms with E-state index in [1.54, 1.807) is 11.3 Å². The minimum atomic E-state index is -3.05. The number of nitrogens with zero attached hydrogens (tertiary/aromatic N) is 3. The molecular weight excluding hydrogens is 462 g/mol. The van der Waals surface area contributed by atoms with Crippen LogP contribution in [0.2, 0.25) is 0 Å². The third kappa shape index (κ3) is 4.56. The first-order valence-electron chi connectivity index (χ1n) is 11.0. The van der Waals surface area contributed by atoms with Gasteiger partial charge in [0.25, 0.3) is 0 Å². The van der Waals surface area contributed by atoms with Gasteiger partial charge in [0.2, 0.25) is 5.91 Å². The molecule has 2 aromatic heterocycles. The van der Waals surface area contributed by atoms with Gasteiger partial charge >= 0.3 is 0 Å². The fourth-order valence-corrected chi connectivity index (χ4v) is 8.02. The number of thioether (sulfide) groups is 1. The third-order valence-corrected chi connectivity index (χ3v) is 9.84. The lowest BCUT2D eigenvalue weighted by atomic mass is 10.1. The van der Waals surface area contributed by atoms with Gasteiger partial charge in [0.1, 0.15) is 5.03 Å². The Morgan fingerprint density at radius 1 is 1.06 bits per heavy atom. The van der Waals surface area contributed by atoms with Gasteiger partial charge in [-0.05, 0) is 36.8 Å². The van der Waals surface area contributed by atoms with Crippen molar-refractivity contribution in [2.24, 2.45) is 0 Å². The van der Waals surface area contributed by atoms with E-state index < -0.39 is 9.84 Å². The van der Waals surface area contributed by atoms with E-state index >= 15 is 0 Å². The molecule has 0 N–H and O–H groups in total. The van der Waals surface area contributed by atoms with E-state index in [0.717, 1.165) is 46.5 Å². The highest BCUT2D eigenvalue weighted by atomic mass is 32.2. The Hall–Kier alpha value is -1.97. The van der Waals surface area contributed by atoms with Crippen LogP contribution >= 0.6 is 23.1 Å². The van der Waals surface area contributed by atoms with Crippen molar-refractivity contribution in [1.29, 1.82) is 0 Å². The van der Waals surface area contributed by atoms with E-state index in [1.807, 2.05) is 46.7 Å². The van der Waals surface area contributed by atoms with Crippen LogP contribution in [-0.2, 0) is 14.6 Å². The quantitative estimate of drug-likeness (QED) is 0.379. The molecule has 3 heterocycles. The number of carbonyl (C=O) groups is 1. The molecule has 2 aliphatic rings. The van der Waals surface area contributed by atoms with E-state index in [2.05, 4.69) is 0 Å². The molecule has 2 fully saturated rings. The van der Waals surface area contributed by atoms with Gasteiger partial charge in [-0.1, -0.05) is 48.9 Å². The average Bonchev–Trinajstić information content (AvgIpc) is 3.55. The summed E-state index contributed by atoms with van der Waals surface area (Å²) in [5.74, 6) is 1.21. The minimum absolute atomic E-state index is 0.0179. The minimum Gasteiger partial charge on any atom is -0.335 e. The lowest BCUT2D eigenvalue weighted by molar-refractivity contribution is -0.132. The first kappa shape index (κ1) is 21.9. The average molecular weight is 488 g/mol. The summed E-state index contributed by atoms with van der Waals surface area (Å²) in [5, 5.41) is 3.72. The van der Waals surface area contributed by atoms with Crippen LogP contribution in [0.25, 0.3) is 21.6 Å². The molecule has 1 aromatic carbocycles. The maximum absolute atomic E-state index is 13.4. The van der Waals surface area contributed by atoms with E-state index in [-0.39, 0.29) is 35.2 Å². The smallest absolute Gasteiger partial charge is 0.233 e. The van der Waals surface area contributed by atoms with E-state index in [1.165, 1.54) is 11.8 Å². The summed E-state index contributed by atoms with van der Waals surface area (Å²) < 4.78 is 24.2. The molecule has 1 saturated heterocycles. The molecule has 1 atom stereocenters. The van der Waals surface area contributed by atoms with Crippen molar-refractivity contribution in [2.45, 2.75) is 49.2 Å². The van der Waals surface area contributed by atoms with Crippen LogP contribution in [0.5, 0.6) is 0 Å². The standard InChI is InChI=1S/C23H25N3O3S3/c27-21(26(16-6-1-2-7-16)17-11-13-32(28,29)15-17)14-31-23-18-8-3-4-9-19(18)24-22(25-23)20-10-5-12-30-20/h3-5,8-10,12,16-17H,1-2,6-7,11,13-15H2/t17-/m0/s1. The molecule has 9 heteroatoms. The molecule has 3 aromatic rings. The number of fused-ring (bicyclic) bond motifs is 1. The number of hydrogen-bond donors (Lipinski definition) is 0. The molecule has 0 spiro atoms. The lowest BCUT2D eigenvalue weighted by Crippen LogP contribution is -2.47. The fourth-order valence-electron chi connectivity index (χ4n) is 4.76. The molecule has 32 heavy (non-hydrogen) atoms. The Kier molecular flexibility index (Phi) is 6.22. The van der Waals surface area contributed by atoms with Crippen LogP contribution in [0.4, 0.5) is 0 Å². The number of para-hydroxylation sites is 1. The van der Waals surface area contributed by atoms with Crippen molar-refractivity contribution in [3.8, 4) is 10.7 Å². The predicted octanol–water partition coefficient (Wildman–Crippen LogP) is 4.41. The van der Waals surface area contributed by atoms with Crippen molar-refractivity contribution in [2.75, 3.05) is 17.3 Å². The SMILES string of the molecule is O=C(CSc1nc(-c2cccs2)nc2ccccc12)N(C1CCCC1)[C@H]1CCS(=O)(=O)C1. The van der Waals surface area contributed by atoms with Crippen LogP contribution in [0.3, 0.4) is 0 Å². The first-order valence-corrected chi connectivity index (χ1v) is 14.6. The Morgan fingerprint density at radius 3 is 2.59 bits per heavy atom. The molecule has 1 amide bonds. The van der Waals surface area contributed by atoms with Crippen molar-refractivity contribution in [3.05, 3.63) is 41.8 Å². The Morgan fingerprint density at radius 2 is 1.88 bits per heavy atom. The van der Waals surface area contributed by atoms with Crippen LogP contribution in [0, 0.1) is 0 Å². The van der Waals surface area contributed by atoms with Crippen LogP contribution < -0.4 is 0 Å². The summed E-state index contributed by atoms with van der Waals surface area (Å²) in [5.41, 5.74) is 0.857. The second kappa shape index (κ2) is 9.11. The van der Waals surface area contributed by atoms with Crippen LogP contribution in [0.15, 0.2) is 46.8 Å². The van der Waals surface area contributed by atoms with Gasteiger partial charge in [-0.2, -0.15) is 0 Å². The Balaban J connectivity index is 1.40. The monoisotopic (exact) mass is 487 g/mol. The number of sulfone groups is 1. The summed E-state index contributed by atoms with van der Waals surface area (Å²) in [6.07, 6.45) is 4.68. The summed E-state index contributed by atoms with van der Waals surface area (Å²) in [7, 11) is -3.05. The fraction of sp³-hybridized carbons (Fsp3) is 0.435. The van der Waals surface area contributed by atoms with Gasteiger partial charge in [0.15, 0.2) is 15.7 Å². The van der Waals surface area contributed by atoms with Crippen molar-refractivity contribution < 1.29 is 13.2 Å². The van der Waals surface area contributed by atoms with Crippen molar-refractivity contribution in [1.82, 2.24) is 14.9 Å². The zero-order chi connectivity index (χ0) is 22.1. The number of thiophene rings is 1. The molecule has 0 unspecified atom stereocenters. The lowest BCUT2D eigenvalue weighted by Gasteiger charge is -2.34. The molecule has 168 valence electrons. The first-order chi connectivity index (χ1) is 15.5. The Labute approximate surface area is 196 Å². The van der Waals surface area contributed by atoms with Gasteiger partial charge in [-0.25, -0.2) is 18.4 Å². The highest BCUT2D eigenvalue weighted by Crippen LogP contribution is 2.33. The Bertz CT molecular complexity index is 1220. The summed E-state index contributed by atoms with van der Waals surface area (Å²) >= 11 is 3.02. The van der Waals surface area contributed by atoms with Gasteiger partial charge < -0.3 is 4.90 Å².